The van der Waals surface area contributed by atoms with Crippen LogP contribution in [0.25, 0.3) is 0 Å². The van der Waals surface area contributed by atoms with Crippen molar-refractivity contribution in [2.24, 2.45) is 5.84 Å². The molecule has 1 atom stereocenters. The van der Waals surface area contributed by atoms with Gasteiger partial charge >= 0.3 is 0 Å². The van der Waals surface area contributed by atoms with Gasteiger partial charge in [-0.05, 0) is 47.9 Å². The van der Waals surface area contributed by atoms with E-state index in [9.17, 15) is 0 Å². The molecule has 0 fully saturated rings. The number of nitrogens with two attached hydrogens (primary N) is 1. The van der Waals surface area contributed by atoms with Crippen LogP contribution in [-0.4, -0.2) is 0 Å². The Morgan fingerprint density at radius 1 is 1.05 bits per heavy atom. The summed E-state index contributed by atoms with van der Waals surface area (Å²) in [6.07, 6.45) is 0.764. The first-order valence-corrected chi connectivity index (χ1v) is 7.30. The van der Waals surface area contributed by atoms with Gasteiger partial charge < -0.3 is 0 Å². The SMILES string of the molecule is NNC(Cc1ccc(Cl)cc1)c1cc(Cl)cc(Br)c1. The second-order valence-corrected chi connectivity index (χ2v) is 6.04. The Bertz CT molecular complexity index is 538. The fraction of sp³-hybridized carbons (Fsp3) is 0.143. The fourth-order valence-electron chi connectivity index (χ4n) is 1.91. The summed E-state index contributed by atoms with van der Waals surface area (Å²) in [5.74, 6) is 5.65. The minimum atomic E-state index is -0.00354. The summed E-state index contributed by atoms with van der Waals surface area (Å²) in [6.45, 7) is 0. The monoisotopic (exact) mass is 358 g/mol. The predicted octanol–water partition coefficient (Wildman–Crippen LogP) is 4.50. The third-order valence-electron chi connectivity index (χ3n) is 2.84. The van der Waals surface area contributed by atoms with Gasteiger partial charge in [-0.25, -0.2) is 0 Å². The number of hydrazine groups is 1. The van der Waals surface area contributed by atoms with E-state index in [1.165, 1.54) is 0 Å². The van der Waals surface area contributed by atoms with Crippen LogP contribution in [0.1, 0.15) is 17.2 Å². The standard InChI is InChI=1S/C14H13BrCl2N2/c15-11-6-10(7-13(17)8-11)14(19-18)5-9-1-3-12(16)4-2-9/h1-4,6-8,14,19H,5,18H2. The fourth-order valence-corrected chi connectivity index (χ4v) is 2.92. The molecule has 3 N–H and O–H groups in total. The lowest BCUT2D eigenvalue weighted by Crippen LogP contribution is -2.29. The average molecular weight is 360 g/mol. The molecule has 2 rings (SSSR count). The molecule has 2 aromatic rings. The maximum atomic E-state index is 6.06. The highest BCUT2D eigenvalue weighted by Gasteiger charge is 2.12. The van der Waals surface area contributed by atoms with Gasteiger partial charge in [0.1, 0.15) is 0 Å². The lowest BCUT2D eigenvalue weighted by molar-refractivity contribution is 0.552. The van der Waals surface area contributed by atoms with Gasteiger partial charge in [0, 0.05) is 14.5 Å². The zero-order valence-corrected chi connectivity index (χ0v) is 13.1. The molecule has 19 heavy (non-hydrogen) atoms. The van der Waals surface area contributed by atoms with E-state index < -0.39 is 0 Å². The van der Waals surface area contributed by atoms with Crippen molar-refractivity contribution in [3.05, 3.63) is 68.1 Å². The summed E-state index contributed by atoms with van der Waals surface area (Å²) < 4.78 is 0.936. The van der Waals surface area contributed by atoms with E-state index in [1.807, 2.05) is 42.5 Å². The van der Waals surface area contributed by atoms with Crippen LogP contribution in [0.2, 0.25) is 10.0 Å². The quantitative estimate of drug-likeness (QED) is 0.622. The van der Waals surface area contributed by atoms with E-state index in [1.54, 1.807) is 0 Å². The minimum absolute atomic E-state index is 0.00354. The Morgan fingerprint density at radius 3 is 2.32 bits per heavy atom. The summed E-state index contributed by atoms with van der Waals surface area (Å²) in [6, 6.07) is 13.5. The lowest BCUT2D eigenvalue weighted by Gasteiger charge is -2.17. The van der Waals surface area contributed by atoms with Gasteiger partial charge in [-0.1, -0.05) is 51.3 Å². The molecule has 0 aliphatic rings. The molecule has 100 valence electrons. The number of hydrogen-bond donors (Lipinski definition) is 2. The Balaban J connectivity index is 2.22. The van der Waals surface area contributed by atoms with Crippen molar-refractivity contribution >= 4 is 39.1 Å². The molecule has 0 spiro atoms. The molecule has 0 saturated carbocycles. The van der Waals surface area contributed by atoms with Gasteiger partial charge in [0.05, 0.1) is 6.04 Å². The molecule has 0 amide bonds. The summed E-state index contributed by atoms with van der Waals surface area (Å²) >= 11 is 15.4. The predicted molar refractivity (Wildman–Crippen MR) is 84.4 cm³/mol. The highest BCUT2D eigenvalue weighted by molar-refractivity contribution is 9.10. The maximum Gasteiger partial charge on any atom is 0.0501 e. The van der Waals surface area contributed by atoms with E-state index in [0.717, 1.165) is 27.0 Å². The van der Waals surface area contributed by atoms with Crippen molar-refractivity contribution < 1.29 is 0 Å². The van der Waals surface area contributed by atoms with Crippen molar-refractivity contribution in [3.8, 4) is 0 Å². The molecule has 0 heterocycles. The number of hydrogen-bond acceptors (Lipinski definition) is 2. The number of halogens is 3. The number of rotatable bonds is 4. The molecule has 0 aliphatic heterocycles. The zero-order valence-electron chi connectivity index (χ0n) is 10.0. The van der Waals surface area contributed by atoms with Crippen molar-refractivity contribution in [2.45, 2.75) is 12.5 Å². The van der Waals surface area contributed by atoms with Crippen LogP contribution in [0, 0.1) is 0 Å². The maximum absolute atomic E-state index is 6.06. The molecule has 0 radical (unpaired) electrons. The van der Waals surface area contributed by atoms with Crippen LogP contribution >= 0.6 is 39.1 Å². The highest BCUT2D eigenvalue weighted by atomic mass is 79.9. The number of benzene rings is 2. The van der Waals surface area contributed by atoms with Gasteiger partial charge in [-0.2, -0.15) is 0 Å². The van der Waals surface area contributed by atoms with Crippen LogP contribution < -0.4 is 11.3 Å². The first-order chi connectivity index (χ1) is 9.08. The summed E-state index contributed by atoms with van der Waals surface area (Å²) in [5.41, 5.74) is 5.02. The first kappa shape index (κ1) is 14.8. The lowest BCUT2D eigenvalue weighted by atomic mass is 9.99. The van der Waals surface area contributed by atoms with Crippen LogP contribution in [-0.2, 0) is 6.42 Å². The van der Waals surface area contributed by atoms with Crippen molar-refractivity contribution in [2.75, 3.05) is 0 Å². The van der Waals surface area contributed by atoms with Crippen molar-refractivity contribution in [3.63, 3.8) is 0 Å². The Hall–Kier alpha value is -0.580. The normalized spacial score (nSPS) is 12.4. The zero-order chi connectivity index (χ0) is 13.8. The Morgan fingerprint density at radius 2 is 1.74 bits per heavy atom. The molecule has 0 saturated heterocycles. The molecule has 1 unspecified atom stereocenters. The Kier molecular flexibility index (Phi) is 5.25. The van der Waals surface area contributed by atoms with Crippen LogP contribution in [0.15, 0.2) is 46.9 Å². The smallest absolute Gasteiger partial charge is 0.0501 e. The summed E-state index contributed by atoms with van der Waals surface area (Å²) in [7, 11) is 0. The topological polar surface area (TPSA) is 38.0 Å². The largest absolute Gasteiger partial charge is 0.271 e. The Labute approximate surface area is 131 Å². The van der Waals surface area contributed by atoms with Gasteiger partial charge in [0.15, 0.2) is 0 Å². The second-order valence-electron chi connectivity index (χ2n) is 4.25. The molecule has 0 bridgehead atoms. The molecule has 0 aromatic heterocycles. The molecule has 5 heteroatoms. The van der Waals surface area contributed by atoms with Crippen molar-refractivity contribution in [1.29, 1.82) is 0 Å². The molecule has 2 nitrogen and oxygen atoms in total. The van der Waals surface area contributed by atoms with Crippen LogP contribution in [0.3, 0.4) is 0 Å². The van der Waals surface area contributed by atoms with E-state index in [0.29, 0.717) is 5.02 Å². The molecular weight excluding hydrogens is 347 g/mol. The molecule has 0 aliphatic carbocycles. The van der Waals surface area contributed by atoms with E-state index in [4.69, 9.17) is 29.0 Å². The van der Waals surface area contributed by atoms with Gasteiger partial charge in [-0.3, -0.25) is 11.3 Å². The average Bonchev–Trinajstić information content (AvgIpc) is 2.37. The first-order valence-electron chi connectivity index (χ1n) is 5.75. The second kappa shape index (κ2) is 6.73. The van der Waals surface area contributed by atoms with E-state index in [2.05, 4.69) is 21.4 Å². The van der Waals surface area contributed by atoms with Crippen molar-refractivity contribution in [1.82, 2.24) is 5.43 Å². The van der Waals surface area contributed by atoms with Gasteiger partial charge in [0.25, 0.3) is 0 Å². The molecule has 2 aromatic carbocycles. The van der Waals surface area contributed by atoms with Crippen LogP contribution in [0.4, 0.5) is 0 Å². The van der Waals surface area contributed by atoms with E-state index in [-0.39, 0.29) is 6.04 Å². The number of nitrogens with one attached hydrogen (secondary N) is 1. The molecular formula is C14H13BrCl2N2. The van der Waals surface area contributed by atoms with Gasteiger partial charge in [0.2, 0.25) is 0 Å². The third kappa shape index (κ3) is 4.20. The third-order valence-corrected chi connectivity index (χ3v) is 3.77. The summed E-state index contributed by atoms with van der Waals surface area (Å²) in [4.78, 5) is 0. The van der Waals surface area contributed by atoms with E-state index >= 15 is 0 Å². The van der Waals surface area contributed by atoms with Gasteiger partial charge in [-0.15, -0.1) is 0 Å². The highest BCUT2D eigenvalue weighted by Crippen LogP contribution is 2.26. The minimum Gasteiger partial charge on any atom is -0.271 e. The van der Waals surface area contributed by atoms with Crippen LogP contribution in [0.5, 0.6) is 0 Å². The summed E-state index contributed by atoms with van der Waals surface area (Å²) in [5, 5.41) is 1.41.